The molecule has 0 saturated carbocycles. The van der Waals surface area contributed by atoms with E-state index in [1.54, 1.807) is 7.11 Å². The Morgan fingerprint density at radius 1 is 1.05 bits per heavy atom. The van der Waals surface area contributed by atoms with E-state index >= 15 is 0 Å². The lowest BCUT2D eigenvalue weighted by Crippen LogP contribution is -2.01. The van der Waals surface area contributed by atoms with Gasteiger partial charge < -0.3 is 14.2 Å². The maximum absolute atomic E-state index is 8.81. The van der Waals surface area contributed by atoms with E-state index in [2.05, 4.69) is 6.07 Å². The van der Waals surface area contributed by atoms with Gasteiger partial charge in [-0.3, -0.25) is 0 Å². The predicted molar refractivity (Wildman–Crippen MR) is 79.0 cm³/mol. The van der Waals surface area contributed by atoms with Gasteiger partial charge in [0.25, 0.3) is 0 Å². The third-order valence-corrected chi connectivity index (χ3v) is 2.88. The molecule has 0 aliphatic carbocycles. The molecule has 0 amide bonds. The Balaban J connectivity index is 2.01. The normalized spacial score (nSPS) is 9.90. The summed E-state index contributed by atoms with van der Waals surface area (Å²) < 4.78 is 16.1. The minimum absolute atomic E-state index is 0.218. The SMILES string of the molecule is COCOc1cccc(COc2ccccc2CC#N)c1. The van der Waals surface area contributed by atoms with Gasteiger partial charge in [-0.05, 0) is 23.8 Å². The minimum Gasteiger partial charge on any atom is -0.489 e. The molecule has 21 heavy (non-hydrogen) atoms. The van der Waals surface area contributed by atoms with E-state index in [1.165, 1.54) is 0 Å². The zero-order chi connectivity index (χ0) is 14.9. The summed E-state index contributed by atoms with van der Waals surface area (Å²) in [5.74, 6) is 1.48. The highest BCUT2D eigenvalue weighted by Gasteiger charge is 2.03. The van der Waals surface area contributed by atoms with E-state index in [1.807, 2.05) is 48.5 Å². The second kappa shape index (κ2) is 7.93. The molecule has 4 heteroatoms. The topological polar surface area (TPSA) is 51.5 Å². The van der Waals surface area contributed by atoms with E-state index in [0.717, 1.165) is 22.6 Å². The van der Waals surface area contributed by atoms with Crippen LogP contribution in [0.4, 0.5) is 0 Å². The fourth-order valence-electron chi connectivity index (χ4n) is 1.89. The maximum atomic E-state index is 8.81. The first-order valence-electron chi connectivity index (χ1n) is 6.62. The van der Waals surface area contributed by atoms with Crippen LogP contribution in [0.25, 0.3) is 0 Å². The molecule has 0 heterocycles. The summed E-state index contributed by atoms with van der Waals surface area (Å²) in [4.78, 5) is 0. The zero-order valence-electron chi connectivity index (χ0n) is 11.9. The molecule has 0 spiro atoms. The number of hydrogen-bond donors (Lipinski definition) is 0. The Morgan fingerprint density at radius 3 is 2.71 bits per heavy atom. The molecule has 2 aromatic rings. The van der Waals surface area contributed by atoms with Crippen LogP contribution in [0.15, 0.2) is 48.5 Å². The molecule has 0 fully saturated rings. The molecule has 0 aliphatic heterocycles. The van der Waals surface area contributed by atoms with E-state index in [4.69, 9.17) is 19.5 Å². The van der Waals surface area contributed by atoms with Gasteiger partial charge in [0.05, 0.1) is 12.5 Å². The van der Waals surface area contributed by atoms with Gasteiger partial charge in [0, 0.05) is 12.7 Å². The molecule has 0 atom stereocenters. The first-order valence-corrected chi connectivity index (χ1v) is 6.62. The number of ether oxygens (including phenoxy) is 3. The van der Waals surface area contributed by atoms with Crippen LogP contribution >= 0.6 is 0 Å². The van der Waals surface area contributed by atoms with Crippen molar-refractivity contribution in [3.05, 3.63) is 59.7 Å². The Kier molecular flexibility index (Phi) is 5.62. The summed E-state index contributed by atoms with van der Waals surface area (Å²) >= 11 is 0. The monoisotopic (exact) mass is 283 g/mol. The summed E-state index contributed by atoms with van der Waals surface area (Å²) in [7, 11) is 1.58. The van der Waals surface area contributed by atoms with E-state index in [0.29, 0.717) is 13.0 Å². The molecular weight excluding hydrogens is 266 g/mol. The van der Waals surface area contributed by atoms with Gasteiger partial charge in [-0.15, -0.1) is 0 Å². The number of nitrogens with zero attached hydrogens (tertiary/aromatic N) is 1. The van der Waals surface area contributed by atoms with Crippen LogP contribution in [-0.2, 0) is 17.8 Å². The van der Waals surface area contributed by atoms with Crippen molar-refractivity contribution in [2.75, 3.05) is 13.9 Å². The quantitative estimate of drug-likeness (QED) is 0.731. The largest absolute Gasteiger partial charge is 0.489 e. The van der Waals surface area contributed by atoms with Gasteiger partial charge in [-0.1, -0.05) is 30.3 Å². The molecule has 0 saturated heterocycles. The minimum atomic E-state index is 0.218. The molecule has 0 unspecified atom stereocenters. The average molecular weight is 283 g/mol. The zero-order valence-corrected chi connectivity index (χ0v) is 11.9. The molecule has 2 rings (SSSR count). The molecule has 0 N–H and O–H groups in total. The van der Waals surface area contributed by atoms with Crippen molar-refractivity contribution in [2.24, 2.45) is 0 Å². The summed E-state index contributed by atoms with van der Waals surface area (Å²) in [6.45, 7) is 0.641. The second-order valence-corrected chi connectivity index (χ2v) is 4.43. The van der Waals surface area contributed by atoms with Crippen LogP contribution in [-0.4, -0.2) is 13.9 Å². The van der Waals surface area contributed by atoms with E-state index < -0.39 is 0 Å². The standard InChI is InChI=1S/C17H17NO3/c1-19-13-21-16-7-4-5-14(11-16)12-20-17-8-3-2-6-15(17)9-10-18/h2-8,11H,9,12-13H2,1H3. The van der Waals surface area contributed by atoms with Gasteiger partial charge in [0.2, 0.25) is 0 Å². The second-order valence-electron chi connectivity index (χ2n) is 4.43. The Hall–Kier alpha value is -2.51. The van der Waals surface area contributed by atoms with Gasteiger partial charge >= 0.3 is 0 Å². The lowest BCUT2D eigenvalue weighted by Gasteiger charge is -2.11. The van der Waals surface area contributed by atoms with Gasteiger partial charge in [0.15, 0.2) is 6.79 Å². The summed E-state index contributed by atoms with van der Waals surface area (Å²) in [5, 5.41) is 8.81. The van der Waals surface area contributed by atoms with Crippen molar-refractivity contribution in [3.8, 4) is 17.6 Å². The molecular formula is C17H17NO3. The molecule has 2 aromatic carbocycles. The Morgan fingerprint density at radius 2 is 1.90 bits per heavy atom. The third kappa shape index (κ3) is 4.51. The van der Waals surface area contributed by atoms with E-state index in [9.17, 15) is 0 Å². The summed E-state index contributed by atoms with van der Waals surface area (Å²) in [5.41, 5.74) is 1.89. The van der Waals surface area contributed by atoms with Gasteiger partial charge in [0.1, 0.15) is 18.1 Å². The van der Waals surface area contributed by atoms with Crippen LogP contribution in [0.3, 0.4) is 0 Å². The molecule has 0 aromatic heterocycles. The van der Waals surface area contributed by atoms with Crippen LogP contribution in [0.5, 0.6) is 11.5 Å². The van der Waals surface area contributed by atoms with Crippen molar-refractivity contribution in [1.29, 1.82) is 5.26 Å². The first-order chi connectivity index (χ1) is 10.3. The fourth-order valence-corrected chi connectivity index (χ4v) is 1.89. The number of rotatable bonds is 7. The lowest BCUT2D eigenvalue weighted by molar-refractivity contribution is 0.0510. The smallest absolute Gasteiger partial charge is 0.188 e. The van der Waals surface area contributed by atoms with E-state index in [-0.39, 0.29) is 6.79 Å². The number of nitriles is 1. The number of methoxy groups -OCH3 is 1. The Labute approximate surface area is 124 Å². The van der Waals surface area contributed by atoms with Gasteiger partial charge in [-0.25, -0.2) is 0 Å². The molecule has 0 bridgehead atoms. The average Bonchev–Trinajstić information content (AvgIpc) is 2.53. The molecule has 108 valence electrons. The van der Waals surface area contributed by atoms with Crippen LogP contribution in [0.2, 0.25) is 0 Å². The van der Waals surface area contributed by atoms with Crippen LogP contribution < -0.4 is 9.47 Å². The predicted octanol–water partition coefficient (Wildman–Crippen LogP) is 3.31. The number of hydrogen-bond acceptors (Lipinski definition) is 4. The molecule has 0 aliphatic rings. The van der Waals surface area contributed by atoms with Crippen molar-refractivity contribution >= 4 is 0 Å². The van der Waals surface area contributed by atoms with Crippen molar-refractivity contribution < 1.29 is 14.2 Å². The summed E-state index contributed by atoms with van der Waals surface area (Å²) in [6.07, 6.45) is 0.340. The molecule has 0 radical (unpaired) electrons. The van der Waals surface area contributed by atoms with Crippen molar-refractivity contribution in [2.45, 2.75) is 13.0 Å². The number of benzene rings is 2. The van der Waals surface area contributed by atoms with Crippen LogP contribution in [0, 0.1) is 11.3 Å². The number of para-hydroxylation sites is 1. The Bertz CT molecular complexity index is 619. The van der Waals surface area contributed by atoms with Crippen molar-refractivity contribution in [1.82, 2.24) is 0 Å². The van der Waals surface area contributed by atoms with Gasteiger partial charge in [-0.2, -0.15) is 5.26 Å². The van der Waals surface area contributed by atoms with Crippen LogP contribution in [0.1, 0.15) is 11.1 Å². The maximum Gasteiger partial charge on any atom is 0.188 e. The highest BCUT2D eigenvalue weighted by molar-refractivity contribution is 5.36. The highest BCUT2D eigenvalue weighted by atomic mass is 16.7. The van der Waals surface area contributed by atoms with Crippen molar-refractivity contribution in [3.63, 3.8) is 0 Å². The fraction of sp³-hybridized carbons (Fsp3) is 0.235. The lowest BCUT2D eigenvalue weighted by atomic mass is 10.1. The highest BCUT2D eigenvalue weighted by Crippen LogP contribution is 2.21. The molecule has 4 nitrogen and oxygen atoms in total. The summed E-state index contributed by atoms with van der Waals surface area (Å²) in [6, 6.07) is 17.4. The third-order valence-electron chi connectivity index (χ3n) is 2.88. The first kappa shape index (κ1) is 14.9.